The van der Waals surface area contributed by atoms with E-state index in [9.17, 15) is 0 Å². The lowest BCUT2D eigenvalue weighted by molar-refractivity contribution is 0.837. The van der Waals surface area contributed by atoms with Crippen molar-refractivity contribution in [3.8, 4) is 0 Å². The van der Waals surface area contributed by atoms with E-state index in [2.05, 4.69) is 15.3 Å². The highest BCUT2D eigenvalue weighted by atomic mass is 15.0. The van der Waals surface area contributed by atoms with Crippen molar-refractivity contribution < 1.29 is 0 Å². The molecule has 4 heteroatoms. The van der Waals surface area contributed by atoms with E-state index in [4.69, 9.17) is 0 Å². The van der Waals surface area contributed by atoms with Gasteiger partial charge in [-0.25, -0.2) is 4.98 Å². The third kappa shape index (κ3) is 2.34. The van der Waals surface area contributed by atoms with Gasteiger partial charge in [-0.15, -0.1) is 0 Å². The molecule has 0 amide bonds. The quantitative estimate of drug-likeness (QED) is 0.824. The lowest BCUT2D eigenvalue weighted by atomic mass is 10.3. The van der Waals surface area contributed by atoms with Gasteiger partial charge in [-0.2, -0.15) is 0 Å². The van der Waals surface area contributed by atoms with Gasteiger partial charge >= 0.3 is 0 Å². The first kappa shape index (κ1) is 9.71. The first-order chi connectivity index (χ1) is 7.25. The highest BCUT2D eigenvalue weighted by Crippen LogP contribution is 2.07. The molecule has 2 aromatic heterocycles. The Kier molecular flexibility index (Phi) is 2.67. The Morgan fingerprint density at radius 1 is 1.33 bits per heavy atom. The van der Waals surface area contributed by atoms with E-state index in [-0.39, 0.29) is 0 Å². The first-order valence-corrected chi connectivity index (χ1v) is 4.87. The molecule has 0 radical (unpaired) electrons. The smallest absolute Gasteiger partial charge is 0.0946 e. The van der Waals surface area contributed by atoms with E-state index in [0.29, 0.717) is 0 Å². The summed E-state index contributed by atoms with van der Waals surface area (Å²) >= 11 is 0. The summed E-state index contributed by atoms with van der Waals surface area (Å²) in [6.45, 7) is 2.74. The number of aromatic nitrogens is 3. The van der Waals surface area contributed by atoms with Crippen LogP contribution in [0, 0.1) is 6.92 Å². The molecule has 0 spiro atoms. The molecular formula is C11H14N4. The molecule has 0 aliphatic heterocycles. The predicted molar refractivity (Wildman–Crippen MR) is 59.5 cm³/mol. The lowest BCUT2D eigenvalue weighted by Crippen LogP contribution is -2.04. The molecule has 2 rings (SSSR count). The van der Waals surface area contributed by atoms with E-state index >= 15 is 0 Å². The van der Waals surface area contributed by atoms with Gasteiger partial charge in [0.1, 0.15) is 0 Å². The van der Waals surface area contributed by atoms with Crippen LogP contribution >= 0.6 is 0 Å². The highest BCUT2D eigenvalue weighted by Gasteiger charge is 1.97. The zero-order chi connectivity index (χ0) is 10.7. The van der Waals surface area contributed by atoms with Crippen LogP contribution in [-0.4, -0.2) is 14.5 Å². The highest BCUT2D eigenvalue weighted by molar-refractivity contribution is 5.41. The average molecular weight is 202 g/mol. The third-order valence-electron chi connectivity index (χ3n) is 2.30. The lowest BCUT2D eigenvalue weighted by Gasteiger charge is -2.06. The Bertz CT molecular complexity index is 430. The minimum Gasteiger partial charge on any atom is -0.378 e. The van der Waals surface area contributed by atoms with E-state index in [1.807, 2.05) is 43.1 Å². The number of hydrogen-bond donors (Lipinski definition) is 1. The van der Waals surface area contributed by atoms with Crippen molar-refractivity contribution in [2.24, 2.45) is 7.05 Å². The number of nitrogens with one attached hydrogen (secondary N) is 1. The summed E-state index contributed by atoms with van der Waals surface area (Å²) in [5, 5.41) is 3.29. The number of anilines is 1. The molecule has 0 fully saturated rings. The molecule has 2 heterocycles. The molecule has 4 nitrogen and oxygen atoms in total. The maximum Gasteiger partial charge on any atom is 0.0946 e. The summed E-state index contributed by atoms with van der Waals surface area (Å²) in [5.74, 6) is 0. The second-order valence-corrected chi connectivity index (χ2v) is 3.54. The Labute approximate surface area is 89.0 Å². The molecule has 0 saturated carbocycles. The van der Waals surface area contributed by atoms with Crippen LogP contribution < -0.4 is 5.32 Å². The fraction of sp³-hybridized carbons (Fsp3) is 0.273. The SMILES string of the molecule is Cc1ccc(NCc2cncn2C)cn1. The van der Waals surface area contributed by atoms with Crippen LogP contribution in [-0.2, 0) is 13.6 Å². The minimum absolute atomic E-state index is 0.765. The largest absolute Gasteiger partial charge is 0.378 e. The minimum atomic E-state index is 0.765. The summed E-state index contributed by atoms with van der Waals surface area (Å²) in [4.78, 5) is 8.27. The van der Waals surface area contributed by atoms with Crippen molar-refractivity contribution in [1.82, 2.24) is 14.5 Å². The van der Waals surface area contributed by atoms with Gasteiger partial charge in [-0.1, -0.05) is 0 Å². The second-order valence-electron chi connectivity index (χ2n) is 3.54. The Balaban J connectivity index is 1.99. The molecule has 0 unspecified atom stereocenters. The van der Waals surface area contributed by atoms with Crippen molar-refractivity contribution in [2.75, 3.05) is 5.32 Å². The first-order valence-electron chi connectivity index (χ1n) is 4.87. The molecule has 0 atom stereocenters. The van der Waals surface area contributed by atoms with Gasteiger partial charge in [0.05, 0.1) is 30.5 Å². The van der Waals surface area contributed by atoms with Gasteiger partial charge in [0.25, 0.3) is 0 Å². The number of aryl methyl sites for hydroxylation is 2. The zero-order valence-corrected chi connectivity index (χ0v) is 8.94. The topological polar surface area (TPSA) is 42.7 Å². The summed E-state index contributed by atoms with van der Waals surface area (Å²) in [5.41, 5.74) is 3.21. The third-order valence-corrected chi connectivity index (χ3v) is 2.30. The van der Waals surface area contributed by atoms with Crippen molar-refractivity contribution in [2.45, 2.75) is 13.5 Å². The molecule has 0 saturated heterocycles. The van der Waals surface area contributed by atoms with Crippen LogP contribution in [0.2, 0.25) is 0 Å². The van der Waals surface area contributed by atoms with E-state index < -0.39 is 0 Å². The van der Waals surface area contributed by atoms with Crippen LogP contribution in [0.4, 0.5) is 5.69 Å². The zero-order valence-electron chi connectivity index (χ0n) is 8.94. The molecule has 0 aliphatic rings. The fourth-order valence-electron chi connectivity index (χ4n) is 1.32. The molecule has 0 aliphatic carbocycles. The van der Waals surface area contributed by atoms with Crippen LogP contribution in [0.5, 0.6) is 0 Å². The molecule has 0 aromatic carbocycles. The van der Waals surface area contributed by atoms with Gasteiger partial charge in [0.15, 0.2) is 0 Å². The molecule has 78 valence electrons. The van der Waals surface area contributed by atoms with E-state index in [1.54, 1.807) is 6.33 Å². The molecule has 15 heavy (non-hydrogen) atoms. The summed E-state index contributed by atoms with van der Waals surface area (Å²) < 4.78 is 1.99. The van der Waals surface area contributed by atoms with Crippen molar-refractivity contribution in [1.29, 1.82) is 0 Å². The van der Waals surface area contributed by atoms with Crippen LogP contribution in [0.1, 0.15) is 11.4 Å². The Hall–Kier alpha value is -1.84. The molecule has 2 aromatic rings. The van der Waals surface area contributed by atoms with Gasteiger partial charge in [0.2, 0.25) is 0 Å². The normalized spacial score (nSPS) is 10.3. The van der Waals surface area contributed by atoms with Crippen LogP contribution in [0.25, 0.3) is 0 Å². The van der Waals surface area contributed by atoms with E-state index in [0.717, 1.165) is 23.6 Å². The summed E-state index contributed by atoms with van der Waals surface area (Å²) in [6.07, 6.45) is 5.49. The van der Waals surface area contributed by atoms with Crippen molar-refractivity contribution in [3.63, 3.8) is 0 Å². The number of rotatable bonds is 3. The second kappa shape index (κ2) is 4.13. The molecule has 0 bridgehead atoms. The Morgan fingerprint density at radius 2 is 2.20 bits per heavy atom. The van der Waals surface area contributed by atoms with Crippen LogP contribution in [0.15, 0.2) is 30.9 Å². The molecule has 1 N–H and O–H groups in total. The predicted octanol–water partition coefficient (Wildman–Crippen LogP) is 1.74. The number of hydrogen-bond acceptors (Lipinski definition) is 3. The van der Waals surface area contributed by atoms with Crippen LogP contribution in [0.3, 0.4) is 0 Å². The number of imidazole rings is 1. The number of pyridine rings is 1. The summed E-state index contributed by atoms with van der Waals surface area (Å²) in [6, 6.07) is 4.02. The molecular weight excluding hydrogens is 188 g/mol. The fourth-order valence-corrected chi connectivity index (χ4v) is 1.32. The van der Waals surface area contributed by atoms with Gasteiger partial charge < -0.3 is 9.88 Å². The van der Waals surface area contributed by atoms with Crippen molar-refractivity contribution in [3.05, 3.63) is 42.2 Å². The van der Waals surface area contributed by atoms with E-state index in [1.165, 1.54) is 0 Å². The van der Waals surface area contributed by atoms with Gasteiger partial charge in [-0.3, -0.25) is 4.98 Å². The van der Waals surface area contributed by atoms with Crippen molar-refractivity contribution >= 4 is 5.69 Å². The average Bonchev–Trinajstić information content (AvgIpc) is 2.63. The monoisotopic (exact) mass is 202 g/mol. The standard InChI is InChI=1S/C11H14N4/c1-9-3-4-10(5-13-9)14-7-11-6-12-8-15(11)2/h3-6,8,14H,7H2,1-2H3. The van der Waals surface area contributed by atoms with Gasteiger partial charge in [0, 0.05) is 18.9 Å². The summed E-state index contributed by atoms with van der Waals surface area (Å²) in [7, 11) is 1.98. The maximum atomic E-state index is 4.22. The Morgan fingerprint density at radius 3 is 2.80 bits per heavy atom. The number of nitrogens with zero attached hydrogens (tertiary/aromatic N) is 3. The maximum absolute atomic E-state index is 4.22. The van der Waals surface area contributed by atoms with Gasteiger partial charge in [-0.05, 0) is 19.1 Å².